The van der Waals surface area contributed by atoms with E-state index in [1.165, 1.54) is 0 Å². The molecular weight excluding hydrogens is 362 g/mol. The highest BCUT2D eigenvalue weighted by molar-refractivity contribution is 6.04. The number of rotatable bonds is 7. The Balaban J connectivity index is 1.76. The van der Waals surface area contributed by atoms with Crippen LogP contribution in [-0.4, -0.2) is 46.8 Å². The SMILES string of the molecule is COCCn1c(C)cc(C(=O)COC(=O)c2n[nH]c(=O)c3ccccc23)c1C. The van der Waals surface area contributed by atoms with Crippen molar-refractivity contribution < 1.29 is 19.1 Å². The molecule has 0 fully saturated rings. The first-order valence-electron chi connectivity index (χ1n) is 8.77. The van der Waals surface area contributed by atoms with E-state index in [1.54, 1.807) is 37.4 Å². The maximum absolute atomic E-state index is 12.6. The zero-order chi connectivity index (χ0) is 20.3. The summed E-state index contributed by atoms with van der Waals surface area (Å²) in [6.07, 6.45) is 0. The van der Waals surface area contributed by atoms with Gasteiger partial charge in [-0.25, -0.2) is 9.89 Å². The van der Waals surface area contributed by atoms with Crippen LogP contribution in [0.25, 0.3) is 10.8 Å². The molecule has 0 bridgehead atoms. The summed E-state index contributed by atoms with van der Waals surface area (Å²) in [4.78, 5) is 36.8. The number of Topliss-reactive ketones (excluding diaryl/α,β-unsaturated/α-hetero) is 1. The Labute approximate surface area is 161 Å². The topological polar surface area (TPSA) is 103 Å². The van der Waals surface area contributed by atoms with Crippen LogP contribution in [-0.2, 0) is 16.0 Å². The molecule has 2 aromatic heterocycles. The lowest BCUT2D eigenvalue weighted by molar-refractivity contribution is 0.0469. The van der Waals surface area contributed by atoms with E-state index in [0.717, 1.165) is 11.4 Å². The number of methoxy groups -OCH3 is 1. The minimum atomic E-state index is -0.769. The normalized spacial score (nSPS) is 11.0. The number of aromatic nitrogens is 3. The number of hydrogen-bond donors (Lipinski definition) is 1. The summed E-state index contributed by atoms with van der Waals surface area (Å²) < 4.78 is 12.2. The summed E-state index contributed by atoms with van der Waals surface area (Å²) in [5.74, 6) is -1.08. The molecular formula is C20H21N3O5. The third-order valence-electron chi connectivity index (χ3n) is 4.62. The van der Waals surface area contributed by atoms with Crippen molar-refractivity contribution in [2.45, 2.75) is 20.4 Å². The maximum atomic E-state index is 12.6. The van der Waals surface area contributed by atoms with Crippen LogP contribution in [0.4, 0.5) is 0 Å². The Bertz CT molecular complexity index is 1100. The number of ether oxygens (including phenoxy) is 2. The predicted molar refractivity (Wildman–Crippen MR) is 103 cm³/mol. The average Bonchev–Trinajstić information content (AvgIpc) is 2.98. The van der Waals surface area contributed by atoms with Gasteiger partial charge in [-0.05, 0) is 26.0 Å². The van der Waals surface area contributed by atoms with Crippen LogP contribution in [0.5, 0.6) is 0 Å². The van der Waals surface area contributed by atoms with Gasteiger partial charge in [0.25, 0.3) is 5.56 Å². The fourth-order valence-electron chi connectivity index (χ4n) is 3.16. The molecule has 0 aliphatic heterocycles. The van der Waals surface area contributed by atoms with Crippen LogP contribution in [0.1, 0.15) is 32.2 Å². The monoisotopic (exact) mass is 383 g/mol. The summed E-state index contributed by atoms with van der Waals surface area (Å²) in [5.41, 5.74) is 1.79. The fraction of sp³-hybridized carbons (Fsp3) is 0.300. The van der Waals surface area contributed by atoms with Crippen molar-refractivity contribution in [3.63, 3.8) is 0 Å². The van der Waals surface area contributed by atoms with Gasteiger partial charge in [0, 0.05) is 36.0 Å². The van der Waals surface area contributed by atoms with E-state index < -0.39 is 18.1 Å². The van der Waals surface area contributed by atoms with E-state index in [1.807, 2.05) is 18.4 Å². The number of nitrogens with zero attached hydrogens (tertiary/aromatic N) is 2. The first-order chi connectivity index (χ1) is 13.4. The third-order valence-corrected chi connectivity index (χ3v) is 4.62. The van der Waals surface area contributed by atoms with Gasteiger partial charge >= 0.3 is 5.97 Å². The summed E-state index contributed by atoms with van der Waals surface area (Å²) in [5, 5.41) is 6.77. The van der Waals surface area contributed by atoms with Crippen molar-refractivity contribution >= 4 is 22.5 Å². The molecule has 0 atom stereocenters. The zero-order valence-corrected chi connectivity index (χ0v) is 15.9. The smallest absolute Gasteiger partial charge is 0.359 e. The first kappa shape index (κ1) is 19.5. The molecule has 146 valence electrons. The Morgan fingerprint density at radius 2 is 1.89 bits per heavy atom. The largest absolute Gasteiger partial charge is 0.452 e. The standard InChI is InChI=1S/C20H21N3O5/c1-12-10-16(13(2)23(12)8-9-27-3)17(24)11-28-20(26)18-14-6-4-5-7-15(14)19(25)22-21-18/h4-7,10H,8-9,11H2,1-3H3,(H,22,25). The van der Waals surface area contributed by atoms with E-state index in [9.17, 15) is 14.4 Å². The molecule has 8 nitrogen and oxygen atoms in total. The molecule has 3 rings (SSSR count). The molecule has 1 N–H and O–H groups in total. The van der Waals surface area contributed by atoms with E-state index in [2.05, 4.69) is 10.2 Å². The van der Waals surface area contributed by atoms with Gasteiger partial charge < -0.3 is 14.0 Å². The Kier molecular flexibility index (Phi) is 5.70. The number of nitrogens with one attached hydrogen (secondary N) is 1. The number of ketones is 1. The Morgan fingerprint density at radius 3 is 2.61 bits per heavy atom. The minimum absolute atomic E-state index is 0.0337. The summed E-state index contributed by atoms with van der Waals surface area (Å²) in [6.45, 7) is 4.50. The molecule has 0 unspecified atom stereocenters. The maximum Gasteiger partial charge on any atom is 0.359 e. The van der Waals surface area contributed by atoms with Crippen molar-refractivity contribution in [2.75, 3.05) is 20.3 Å². The highest BCUT2D eigenvalue weighted by Gasteiger charge is 2.20. The molecule has 0 radical (unpaired) electrons. The van der Waals surface area contributed by atoms with Gasteiger partial charge in [-0.2, -0.15) is 5.10 Å². The van der Waals surface area contributed by atoms with Gasteiger partial charge in [0.15, 0.2) is 12.3 Å². The van der Waals surface area contributed by atoms with Crippen LogP contribution in [0.3, 0.4) is 0 Å². The number of H-pyrrole nitrogens is 1. The van der Waals surface area contributed by atoms with Crippen molar-refractivity contribution in [1.82, 2.24) is 14.8 Å². The predicted octanol–water partition coefficient (Wildman–Crippen LogP) is 2.03. The minimum Gasteiger partial charge on any atom is -0.452 e. The number of fused-ring (bicyclic) bond motifs is 1. The van der Waals surface area contributed by atoms with Crippen molar-refractivity contribution in [3.8, 4) is 0 Å². The number of aryl methyl sites for hydroxylation is 1. The molecule has 28 heavy (non-hydrogen) atoms. The summed E-state index contributed by atoms with van der Waals surface area (Å²) in [7, 11) is 1.62. The van der Waals surface area contributed by atoms with Crippen molar-refractivity contribution in [2.24, 2.45) is 0 Å². The van der Waals surface area contributed by atoms with Crippen LogP contribution >= 0.6 is 0 Å². The number of carbonyl (C=O) groups is 2. The van der Waals surface area contributed by atoms with Gasteiger partial charge in [-0.15, -0.1) is 0 Å². The Morgan fingerprint density at radius 1 is 1.18 bits per heavy atom. The lowest BCUT2D eigenvalue weighted by Gasteiger charge is -2.09. The number of hydrogen-bond acceptors (Lipinski definition) is 6. The number of aromatic amines is 1. The van der Waals surface area contributed by atoms with Crippen molar-refractivity contribution in [3.05, 3.63) is 63.3 Å². The van der Waals surface area contributed by atoms with Gasteiger partial charge in [0.05, 0.1) is 12.0 Å². The van der Waals surface area contributed by atoms with Crippen molar-refractivity contribution in [1.29, 1.82) is 0 Å². The van der Waals surface area contributed by atoms with E-state index in [0.29, 0.717) is 29.5 Å². The third kappa shape index (κ3) is 3.72. The molecule has 0 aliphatic carbocycles. The summed E-state index contributed by atoms with van der Waals surface area (Å²) >= 11 is 0. The number of carbonyl (C=O) groups excluding carboxylic acids is 2. The lowest BCUT2D eigenvalue weighted by Crippen LogP contribution is -2.19. The van der Waals surface area contributed by atoms with Gasteiger partial charge in [0.2, 0.25) is 5.78 Å². The molecule has 0 saturated carbocycles. The van der Waals surface area contributed by atoms with E-state index >= 15 is 0 Å². The van der Waals surface area contributed by atoms with Crippen LogP contribution in [0.2, 0.25) is 0 Å². The molecule has 3 aromatic rings. The van der Waals surface area contributed by atoms with Gasteiger partial charge in [0.1, 0.15) is 0 Å². The second-order valence-corrected chi connectivity index (χ2v) is 6.38. The molecule has 0 saturated heterocycles. The molecule has 0 spiro atoms. The average molecular weight is 383 g/mol. The Hall–Kier alpha value is -3.26. The van der Waals surface area contributed by atoms with Crippen LogP contribution in [0.15, 0.2) is 35.1 Å². The summed E-state index contributed by atoms with van der Waals surface area (Å²) in [6, 6.07) is 8.36. The second-order valence-electron chi connectivity index (χ2n) is 6.38. The highest BCUT2D eigenvalue weighted by Crippen LogP contribution is 2.17. The molecule has 8 heteroatoms. The lowest BCUT2D eigenvalue weighted by atomic mass is 10.1. The number of benzene rings is 1. The van der Waals surface area contributed by atoms with Gasteiger partial charge in [-0.1, -0.05) is 18.2 Å². The molecule has 0 aliphatic rings. The molecule has 1 aromatic carbocycles. The quantitative estimate of drug-likeness (QED) is 0.495. The van der Waals surface area contributed by atoms with E-state index in [4.69, 9.17) is 9.47 Å². The van der Waals surface area contributed by atoms with Gasteiger partial charge in [-0.3, -0.25) is 9.59 Å². The van der Waals surface area contributed by atoms with Crippen LogP contribution < -0.4 is 5.56 Å². The second kappa shape index (κ2) is 8.18. The first-order valence-corrected chi connectivity index (χ1v) is 8.77. The number of esters is 1. The zero-order valence-electron chi connectivity index (χ0n) is 15.9. The fourth-order valence-corrected chi connectivity index (χ4v) is 3.16. The highest BCUT2D eigenvalue weighted by atomic mass is 16.5. The molecule has 2 heterocycles. The van der Waals surface area contributed by atoms with Crippen LogP contribution in [0, 0.1) is 13.8 Å². The molecule has 0 amide bonds. The van der Waals surface area contributed by atoms with E-state index in [-0.39, 0.29) is 11.5 Å².